The molecule has 2 N–H and O–H groups in total. The molecule has 0 fully saturated rings. The average Bonchev–Trinajstić information content (AvgIpc) is 2.76. The minimum atomic E-state index is -0.379. The number of aliphatic imine (C=N–C) groups is 1. The quantitative estimate of drug-likeness (QED) is 0.265. The Morgan fingerprint density at radius 1 is 0.903 bits per heavy atom. The van der Waals surface area contributed by atoms with Crippen molar-refractivity contribution in [3.63, 3.8) is 0 Å². The van der Waals surface area contributed by atoms with E-state index in [0.29, 0.717) is 49.4 Å². The third-order valence-electron chi connectivity index (χ3n) is 4.24. The van der Waals surface area contributed by atoms with Crippen molar-refractivity contribution >= 4 is 29.9 Å². The van der Waals surface area contributed by atoms with Gasteiger partial charge in [-0.25, -0.2) is 9.38 Å². The molecule has 0 aliphatic heterocycles. The van der Waals surface area contributed by atoms with Gasteiger partial charge in [0, 0.05) is 13.1 Å². The first kappa shape index (κ1) is 26.6. The summed E-state index contributed by atoms with van der Waals surface area (Å²) >= 11 is 0. The maximum absolute atomic E-state index is 14.1. The first-order valence-electron chi connectivity index (χ1n) is 9.78. The van der Waals surface area contributed by atoms with Crippen LogP contribution in [0.1, 0.15) is 25.0 Å². The molecule has 0 saturated heterocycles. The second-order valence-corrected chi connectivity index (χ2v) is 6.28. The monoisotopic (exact) mass is 547 g/mol. The molecular weight excluding hydrogens is 516 g/mol. The second-order valence-electron chi connectivity index (χ2n) is 6.28. The van der Waals surface area contributed by atoms with E-state index in [1.165, 1.54) is 6.07 Å². The molecule has 7 nitrogen and oxygen atoms in total. The Morgan fingerprint density at radius 2 is 1.58 bits per heavy atom. The van der Waals surface area contributed by atoms with Crippen LogP contribution in [0.5, 0.6) is 23.0 Å². The molecule has 0 radical (unpaired) electrons. The van der Waals surface area contributed by atoms with Gasteiger partial charge in [0.1, 0.15) is 0 Å². The Bertz CT molecular complexity index is 840. The van der Waals surface area contributed by atoms with Crippen molar-refractivity contribution in [1.82, 2.24) is 10.6 Å². The third kappa shape index (κ3) is 7.64. The van der Waals surface area contributed by atoms with E-state index in [4.69, 9.17) is 18.9 Å². The number of ether oxygens (including phenoxy) is 4. The van der Waals surface area contributed by atoms with Gasteiger partial charge in [0.25, 0.3) is 0 Å². The van der Waals surface area contributed by atoms with E-state index < -0.39 is 0 Å². The largest absolute Gasteiger partial charge is 0.493 e. The van der Waals surface area contributed by atoms with Gasteiger partial charge in [-0.3, -0.25) is 0 Å². The molecule has 31 heavy (non-hydrogen) atoms. The maximum atomic E-state index is 14.1. The zero-order chi connectivity index (χ0) is 21.9. The van der Waals surface area contributed by atoms with Crippen LogP contribution in [0.25, 0.3) is 0 Å². The molecule has 2 aromatic carbocycles. The van der Waals surface area contributed by atoms with Crippen molar-refractivity contribution in [3.05, 3.63) is 47.3 Å². The molecule has 0 amide bonds. The summed E-state index contributed by atoms with van der Waals surface area (Å²) in [6.45, 7) is 5.73. The van der Waals surface area contributed by atoms with Crippen LogP contribution in [-0.2, 0) is 13.1 Å². The van der Waals surface area contributed by atoms with E-state index in [2.05, 4.69) is 15.6 Å². The van der Waals surface area contributed by atoms with Crippen LogP contribution in [-0.4, -0.2) is 40.4 Å². The summed E-state index contributed by atoms with van der Waals surface area (Å²) in [6, 6.07) is 8.63. The Labute approximate surface area is 200 Å². The van der Waals surface area contributed by atoms with E-state index in [9.17, 15) is 4.39 Å². The summed E-state index contributed by atoms with van der Waals surface area (Å²) in [5.74, 6) is 2.17. The fraction of sp³-hybridized carbons (Fsp3) is 0.409. The summed E-state index contributed by atoms with van der Waals surface area (Å²) in [4.78, 5) is 4.60. The van der Waals surface area contributed by atoms with Crippen LogP contribution in [0.2, 0.25) is 0 Å². The first-order chi connectivity index (χ1) is 14.6. The number of rotatable bonds is 10. The molecular formula is C22H31FIN3O4. The lowest BCUT2D eigenvalue weighted by atomic mass is 10.2. The van der Waals surface area contributed by atoms with Crippen LogP contribution in [0, 0.1) is 5.82 Å². The van der Waals surface area contributed by atoms with Gasteiger partial charge in [0.2, 0.25) is 5.75 Å². The number of guanidine groups is 1. The molecule has 0 aliphatic carbocycles. The fourth-order valence-electron chi connectivity index (χ4n) is 2.85. The van der Waals surface area contributed by atoms with Crippen molar-refractivity contribution in [2.45, 2.75) is 26.9 Å². The summed E-state index contributed by atoms with van der Waals surface area (Å²) in [7, 11) is 4.72. The lowest BCUT2D eigenvalue weighted by Crippen LogP contribution is -2.36. The Balaban J connectivity index is 0.00000480. The fourth-order valence-corrected chi connectivity index (χ4v) is 2.85. The van der Waals surface area contributed by atoms with Crippen molar-refractivity contribution in [3.8, 4) is 23.0 Å². The predicted octanol–water partition coefficient (Wildman–Crippen LogP) is 4.12. The van der Waals surface area contributed by atoms with E-state index in [0.717, 1.165) is 11.1 Å². The van der Waals surface area contributed by atoms with Gasteiger partial charge < -0.3 is 29.6 Å². The van der Waals surface area contributed by atoms with E-state index >= 15 is 0 Å². The molecule has 0 spiro atoms. The Kier molecular flexibility index (Phi) is 11.8. The van der Waals surface area contributed by atoms with Crippen molar-refractivity contribution in [2.75, 3.05) is 34.5 Å². The molecule has 0 bridgehead atoms. The van der Waals surface area contributed by atoms with Gasteiger partial charge in [-0.1, -0.05) is 6.07 Å². The smallest absolute Gasteiger partial charge is 0.203 e. The van der Waals surface area contributed by atoms with Crippen LogP contribution in [0.3, 0.4) is 0 Å². The van der Waals surface area contributed by atoms with E-state index in [1.54, 1.807) is 27.4 Å². The predicted molar refractivity (Wildman–Crippen MR) is 131 cm³/mol. The topological polar surface area (TPSA) is 73.3 Å². The molecule has 0 aliphatic rings. The highest BCUT2D eigenvalue weighted by atomic mass is 127. The summed E-state index contributed by atoms with van der Waals surface area (Å²) in [6.07, 6.45) is 0. The molecule has 9 heteroatoms. The Morgan fingerprint density at radius 3 is 2.10 bits per heavy atom. The molecule has 172 valence electrons. The van der Waals surface area contributed by atoms with Crippen LogP contribution in [0.15, 0.2) is 35.3 Å². The zero-order valence-corrected chi connectivity index (χ0v) is 20.9. The number of methoxy groups -OCH3 is 3. The highest BCUT2D eigenvalue weighted by Gasteiger charge is 2.13. The highest BCUT2D eigenvalue weighted by molar-refractivity contribution is 14.0. The normalized spacial score (nSPS) is 10.7. The Hall–Kier alpha value is -2.43. The standard InChI is InChI=1S/C22H30FN3O4.HI/c1-6-24-22(25-13-15-8-9-18(30-7-2)17(23)10-15)26-14-16-11-19(27-3)21(29-5)20(12-16)28-4;/h8-12H,6-7,13-14H2,1-5H3,(H2,24,25,26);1H. The van der Waals surface area contributed by atoms with E-state index in [1.807, 2.05) is 32.0 Å². The molecule has 2 rings (SSSR count). The van der Waals surface area contributed by atoms with Crippen molar-refractivity contribution < 1.29 is 23.3 Å². The van der Waals surface area contributed by atoms with Crippen molar-refractivity contribution in [2.24, 2.45) is 4.99 Å². The number of benzene rings is 2. The van der Waals surface area contributed by atoms with Gasteiger partial charge in [0.05, 0.1) is 34.5 Å². The van der Waals surface area contributed by atoms with E-state index in [-0.39, 0.29) is 35.5 Å². The first-order valence-corrected chi connectivity index (χ1v) is 9.78. The minimum absolute atomic E-state index is 0. The number of nitrogens with zero attached hydrogens (tertiary/aromatic N) is 1. The van der Waals surface area contributed by atoms with Gasteiger partial charge in [-0.2, -0.15) is 0 Å². The molecule has 0 unspecified atom stereocenters. The zero-order valence-electron chi connectivity index (χ0n) is 18.6. The molecule has 0 saturated carbocycles. The molecule has 0 aromatic heterocycles. The number of nitrogens with one attached hydrogen (secondary N) is 2. The van der Waals surface area contributed by atoms with Crippen LogP contribution in [0.4, 0.5) is 4.39 Å². The SMILES string of the molecule is CCNC(=NCc1cc(OC)c(OC)c(OC)c1)NCc1ccc(OCC)c(F)c1.I. The van der Waals surface area contributed by atoms with Gasteiger partial charge in [0.15, 0.2) is 29.0 Å². The number of hydrogen-bond donors (Lipinski definition) is 2. The summed E-state index contributed by atoms with van der Waals surface area (Å²) < 4.78 is 35.4. The third-order valence-corrected chi connectivity index (χ3v) is 4.24. The molecule has 0 atom stereocenters. The maximum Gasteiger partial charge on any atom is 0.203 e. The lowest BCUT2D eigenvalue weighted by Gasteiger charge is -2.14. The van der Waals surface area contributed by atoms with Gasteiger partial charge in [-0.05, 0) is 49.2 Å². The summed E-state index contributed by atoms with van der Waals surface area (Å²) in [5.41, 5.74) is 1.68. The van der Waals surface area contributed by atoms with Crippen molar-refractivity contribution in [1.29, 1.82) is 0 Å². The van der Waals surface area contributed by atoms with Crippen LogP contribution >= 0.6 is 24.0 Å². The van der Waals surface area contributed by atoms with Crippen LogP contribution < -0.4 is 29.6 Å². The summed E-state index contributed by atoms with van der Waals surface area (Å²) in [5, 5.41) is 6.39. The highest BCUT2D eigenvalue weighted by Crippen LogP contribution is 2.38. The molecule has 2 aromatic rings. The number of hydrogen-bond acceptors (Lipinski definition) is 5. The average molecular weight is 547 g/mol. The van der Waals surface area contributed by atoms with Gasteiger partial charge >= 0.3 is 0 Å². The minimum Gasteiger partial charge on any atom is -0.493 e. The molecule has 0 heterocycles. The van der Waals surface area contributed by atoms with Gasteiger partial charge in [-0.15, -0.1) is 24.0 Å². The number of halogens is 2. The second kappa shape index (κ2) is 13.8. The lowest BCUT2D eigenvalue weighted by molar-refractivity contribution is 0.321.